The predicted octanol–water partition coefficient (Wildman–Crippen LogP) is 4.09. The van der Waals surface area contributed by atoms with E-state index in [4.69, 9.17) is 16.0 Å². The summed E-state index contributed by atoms with van der Waals surface area (Å²) in [5, 5.41) is 4.23. The van der Waals surface area contributed by atoms with Crippen molar-refractivity contribution in [2.45, 2.75) is 38.4 Å². The van der Waals surface area contributed by atoms with Crippen molar-refractivity contribution in [3.05, 3.63) is 76.4 Å². The van der Waals surface area contributed by atoms with Gasteiger partial charge in [-0.3, -0.25) is 9.69 Å². The summed E-state index contributed by atoms with van der Waals surface area (Å²) in [7, 11) is 0. The first kappa shape index (κ1) is 22.2. The maximum atomic E-state index is 12.3. The molecule has 158 valence electrons. The molecule has 0 aliphatic rings. The normalized spacial score (nSPS) is 12.2. The van der Waals surface area contributed by atoms with Gasteiger partial charge in [0.1, 0.15) is 0 Å². The molecular formula is C23H27BrN4O2. The summed E-state index contributed by atoms with van der Waals surface area (Å²) in [5.74, 6) is 0.362. The summed E-state index contributed by atoms with van der Waals surface area (Å²) >= 11 is 3.51. The highest BCUT2D eigenvalue weighted by Gasteiger charge is 2.25. The van der Waals surface area contributed by atoms with Crippen LogP contribution in [0.2, 0.25) is 0 Å². The number of nitrogens with two attached hydrogens (primary N) is 2. The zero-order valence-electron chi connectivity index (χ0n) is 16.8. The largest absolute Gasteiger partial charge is 0.368 e. The number of primary amides is 1. The minimum atomic E-state index is -0.410. The lowest BCUT2D eigenvalue weighted by atomic mass is 10.1. The average Bonchev–Trinajstić information content (AvgIpc) is 3.20. The minimum absolute atomic E-state index is 0.339. The number of carbonyl (C=O) groups is 1. The van der Waals surface area contributed by atoms with Crippen LogP contribution in [-0.4, -0.2) is 28.6 Å². The predicted molar refractivity (Wildman–Crippen MR) is 121 cm³/mol. The molecule has 0 saturated heterocycles. The van der Waals surface area contributed by atoms with Crippen molar-refractivity contribution in [3.63, 3.8) is 0 Å². The molecule has 0 saturated carbocycles. The Bertz CT molecular complexity index is 945. The van der Waals surface area contributed by atoms with Crippen molar-refractivity contribution < 1.29 is 9.32 Å². The fourth-order valence-corrected chi connectivity index (χ4v) is 3.91. The van der Waals surface area contributed by atoms with Gasteiger partial charge < -0.3 is 16.0 Å². The van der Waals surface area contributed by atoms with Gasteiger partial charge in [-0.2, -0.15) is 0 Å². The fourth-order valence-electron chi connectivity index (χ4n) is 3.47. The highest BCUT2D eigenvalue weighted by atomic mass is 79.9. The van der Waals surface area contributed by atoms with Gasteiger partial charge in [-0.1, -0.05) is 70.0 Å². The molecular weight excluding hydrogens is 444 g/mol. The molecule has 2 aromatic carbocycles. The summed E-state index contributed by atoms with van der Waals surface area (Å²) in [6.07, 6.45) is 2.35. The van der Waals surface area contributed by atoms with Crippen LogP contribution in [0.25, 0.3) is 11.3 Å². The lowest BCUT2D eigenvalue weighted by Gasteiger charge is -2.29. The van der Waals surface area contributed by atoms with Crippen molar-refractivity contribution in [3.8, 4) is 11.3 Å². The van der Waals surface area contributed by atoms with Crippen LogP contribution in [-0.2, 0) is 17.9 Å². The molecule has 3 rings (SSSR count). The van der Waals surface area contributed by atoms with Gasteiger partial charge in [0.05, 0.1) is 11.7 Å². The molecule has 3 aromatic rings. The third-order valence-electron chi connectivity index (χ3n) is 4.96. The van der Waals surface area contributed by atoms with Crippen LogP contribution in [0.15, 0.2) is 69.7 Å². The molecule has 1 unspecified atom stereocenters. The van der Waals surface area contributed by atoms with E-state index < -0.39 is 6.04 Å². The lowest BCUT2D eigenvalue weighted by Crippen LogP contribution is -2.44. The summed E-state index contributed by atoms with van der Waals surface area (Å²) < 4.78 is 6.53. The first-order valence-electron chi connectivity index (χ1n) is 10.1. The molecule has 6 nitrogen and oxygen atoms in total. The fraction of sp³-hybridized carbons (Fsp3) is 0.304. The SMILES string of the molecule is NCCCCC(C(N)=O)N(Cc1cccc(Br)c1)Cc1cc(-c2ccccc2)on1. The second-order valence-corrected chi connectivity index (χ2v) is 8.20. The molecule has 4 N–H and O–H groups in total. The van der Waals surface area contributed by atoms with Crippen LogP contribution in [0.5, 0.6) is 0 Å². The first-order chi connectivity index (χ1) is 14.6. The van der Waals surface area contributed by atoms with E-state index in [0.717, 1.165) is 34.1 Å². The highest BCUT2D eigenvalue weighted by Crippen LogP contribution is 2.23. The van der Waals surface area contributed by atoms with E-state index in [1.807, 2.05) is 60.7 Å². The van der Waals surface area contributed by atoms with Crippen LogP contribution in [0.4, 0.5) is 0 Å². The van der Waals surface area contributed by atoms with Gasteiger partial charge in [-0.15, -0.1) is 0 Å². The molecule has 0 radical (unpaired) electrons. The third-order valence-corrected chi connectivity index (χ3v) is 5.45. The number of unbranched alkanes of at least 4 members (excludes halogenated alkanes) is 1. The Morgan fingerprint density at radius 3 is 2.57 bits per heavy atom. The van der Waals surface area contributed by atoms with Crippen LogP contribution in [0.3, 0.4) is 0 Å². The number of hydrogen-bond acceptors (Lipinski definition) is 5. The van der Waals surface area contributed by atoms with E-state index in [1.165, 1.54) is 0 Å². The number of rotatable bonds is 11. The summed E-state index contributed by atoms with van der Waals surface area (Å²) in [6, 6.07) is 19.4. The van der Waals surface area contributed by atoms with Gasteiger partial charge in [-0.25, -0.2) is 0 Å². The van der Waals surface area contributed by atoms with Crippen molar-refractivity contribution in [2.24, 2.45) is 11.5 Å². The molecule has 1 atom stereocenters. The summed E-state index contributed by atoms with van der Waals surface area (Å²) in [5.41, 5.74) is 14.2. The van der Waals surface area contributed by atoms with Crippen molar-refractivity contribution in [1.82, 2.24) is 10.1 Å². The molecule has 0 bridgehead atoms. The monoisotopic (exact) mass is 470 g/mol. The Kier molecular flexibility index (Phi) is 8.19. The number of amides is 1. The van der Waals surface area contributed by atoms with Gasteiger partial charge in [0.2, 0.25) is 5.91 Å². The molecule has 1 amide bonds. The Balaban J connectivity index is 1.82. The molecule has 0 spiro atoms. The number of aromatic nitrogens is 1. The summed E-state index contributed by atoms with van der Waals surface area (Å²) in [6.45, 7) is 1.63. The van der Waals surface area contributed by atoms with E-state index in [0.29, 0.717) is 31.8 Å². The molecule has 30 heavy (non-hydrogen) atoms. The molecule has 1 aromatic heterocycles. The van der Waals surface area contributed by atoms with Gasteiger partial charge >= 0.3 is 0 Å². The quantitative estimate of drug-likeness (QED) is 0.411. The average molecular weight is 471 g/mol. The Morgan fingerprint density at radius 2 is 1.87 bits per heavy atom. The van der Waals surface area contributed by atoms with Crippen LogP contribution < -0.4 is 11.5 Å². The van der Waals surface area contributed by atoms with Gasteiger partial charge in [0.25, 0.3) is 0 Å². The van der Waals surface area contributed by atoms with Crippen molar-refractivity contribution in [2.75, 3.05) is 6.54 Å². The van der Waals surface area contributed by atoms with Crippen LogP contribution >= 0.6 is 15.9 Å². The highest BCUT2D eigenvalue weighted by molar-refractivity contribution is 9.10. The number of halogens is 1. The zero-order valence-corrected chi connectivity index (χ0v) is 18.4. The molecule has 0 aliphatic heterocycles. The molecule has 1 heterocycles. The number of hydrogen-bond donors (Lipinski definition) is 2. The van der Waals surface area contributed by atoms with Gasteiger partial charge in [0.15, 0.2) is 5.76 Å². The van der Waals surface area contributed by atoms with Crippen molar-refractivity contribution in [1.29, 1.82) is 0 Å². The lowest BCUT2D eigenvalue weighted by molar-refractivity contribution is -0.124. The van der Waals surface area contributed by atoms with E-state index in [-0.39, 0.29) is 5.91 Å². The van der Waals surface area contributed by atoms with Crippen LogP contribution in [0.1, 0.15) is 30.5 Å². The van der Waals surface area contributed by atoms with Gasteiger partial charge in [-0.05, 0) is 37.1 Å². The summed E-state index contributed by atoms with van der Waals surface area (Å²) in [4.78, 5) is 14.4. The second kappa shape index (κ2) is 11.1. The maximum absolute atomic E-state index is 12.3. The number of carbonyl (C=O) groups excluding carboxylic acids is 1. The Morgan fingerprint density at radius 1 is 1.07 bits per heavy atom. The Labute approximate surface area is 185 Å². The standard InChI is InChI=1S/C23H27BrN4O2/c24-19-10-6-7-17(13-19)15-28(21(23(26)29)11-4-5-12-25)16-20-14-22(30-27-20)18-8-2-1-3-9-18/h1-3,6-10,13-14,21H,4-5,11-12,15-16,25H2,(H2,26,29). The topological polar surface area (TPSA) is 98.4 Å². The molecule has 0 fully saturated rings. The zero-order chi connectivity index (χ0) is 21.3. The first-order valence-corrected chi connectivity index (χ1v) is 10.8. The van der Waals surface area contributed by atoms with E-state index >= 15 is 0 Å². The smallest absolute Gasteiger partial charge is 0.234 e. The molecule has 7 heteroatoms. The third kappa shape index (κ3) is 6.26. The van der Waals surface area contributed by atoms with E-state index in [1.54, 1.807) is 0 Å². The number of benzene rings is 2. The van der Waals surface area contributed by atoms with E-state index in [9.17, 15) is 4.79 Å². The van der Waals surface area contributed by atoms with E-state index in [2.05, 4.69) is 26.0 Å². The number of nitrogens with zero attached hydrogens (tertiary/aromatic N) is 2. The maximum Gasteiger partial charge on any atom is 0.234 e. The minimum Gasteiger partial charge on any atom is -0.368 e. The Hall–Kier alpha value is -2.48. The van der Waals surface area contributed by atoms with Crippen molar-refractivity contribution >= 4 is 21.8 Å². The van der Waals surface area contributed by atoms with Crippen LogP contribution in [0, 0.1) is 0 Å². The van der Waals surface area contributed by atoms with Gasteiger partial charge in [0, 0.05) is 29.2 Å². The second-order valence-electron chi connectivity index (χ2n) is 7.29. The molecule has 0 aliphatic carbocycles.